The molecule has 0 saturated carbocycles. The molecule has 0 unspecified atom stereocenters. The summed E-state index contributed by atoms with van der Waals surface area (Å²) in [5.74, 6) is 0. The van der Waals surface area contributed by atoms with E-state index < -0.39 is 28.8 Å². The van der Waals surface area contributed by atoms with Gasteiger partial charge in [-0.05, 0) is 19.1 Å². The van der Waals surface area contributed by atoms with E-state index in [0.717, 1.165) is 11.4 Å². The van der Waals surface area contributed by atoms with Crippen molar-refractivity contribution in [3.05, 3.63) is 18.2 Å². The number of sulfonamides is 1. The Labute approximate surface area is 114 Å². The van der Waals surface area contributed by atoms with Crippen LogP contribution in [-0.4, -0.2) is 37.4 Å². The van der Waals surface area contributed by atoms with Crippen molar-refractivity contribution in [3.8, 4) is 0 Å². The molecule has 0 bridgehead atoms. The Hall–Kier alpha value is -1.13. The SMILES string of the molecule is CC(CO)(CO)NS(=O)(=O)c1cccc2c1N=S=N2. The number of benzene rings is 1. The van der Waals surface area contributed by atoms with Crippen molar-refractivity contribution in [1.29, 1.82) is 0 Å². The van der Waals surface area contributed by atoms with Crippen LogP contribution in [0.5, 0.6) is 0 Å². The van der Waals surface area contributed by atoms with Gasteiger partial charge in [-0.3, -0.25) is 0 Å². The van der Waals surface area contributed by atoms with E-state index in [1.165, 1.54) is 13.0 Å². The number of hydrogen-bond donors (Lipinski definition) is 3. The molecule has 0 saturated heterocycles. The number of nitrogens with one attached hydrogen (secondary N) is 1. The van der Waals surface area contributed by atoms with Crippen LogP contribution in [0.4, 0.5) is 11.4 Å². The van der Waals surface area contributed by atoms with Crippen LogP contribution in [-0.2, 0) is 21.4 Å². The summed E-state index contributed by atoms with van der Waals surface area (Å²) >= 11 is 0.922. The maximum atomic E-state index is 12.3. The first-order valence-electron chi connectivity index (χ1n) is 5.39. The number of fused-ring (bicyclic) bond motifs is 1. The smallest absolute Gasteiger partial charge is 0.243 e. The fraction of sp³-hybridized carbons (Fsp3) is 0.400. The summed E-state index contributed by atoms with van der Waals surface area (Å²) in [7, 11) is -3.90. The minimum atomic E-state index is -3.90. The van der Waals surface area contributed by atoms with Gasteiger partial charge in [0.05, 0.1) is 30.1 Å². The van der Waals surface area contributed by atoms with E-state index in [2.05, 4.69) is 13.4 Å². The number of rotatable bonds is 5. The van der Waals surface area contributed by atoms with E-state index in [4.69, 9.17) is 10.2 Å². The first kappa shape index (κ1) is 14.3. The number of aliphatic hydroxyl groups excluding tert-OH is 2. The lowest BCUT2D eigenvalue weighted by Crippen LogP contribution is -2.51. The molecule has 0 atom stereocenters. The van der Waals surface area contributed by atoms with Gasteiger partial charge in [-0.1, -0.05) is 6.07 Å². The minimum Gasteiger partial charge on any atom is -0.394 e. The van der Waals surface area contributed by atoms with Crippen LogP contribution in [0.15, 0.2) is 31.8 Å². The van der Waals surface area contributed by atoms with Crippen LogP contribution in [0.3, 0.4) is 0 Å². The molecule has 2 rings (SSSR count). The Morgan fingerprint density at radius 1 is 1.32 bits per heavy atom. The number of hydrogen-bond acceptors (Lipinski definition) is 6. The Bertz CT molecular complexity index is 661. The van der Waals surface area contributed by atoms with Crippen molar-refractivity contribution in [2.45, 2.75) is 17.4 Å². The van der Waals surface area contributed by atoms with Gasteiger partial charge in [-0.15, -0.1) is 0 Å². The molecule has 1 aliphatic rings. The third-order valence-electron chi connectivity index (χ3n) is 2.62. The average molecular weight is 303 g/mol. The van der Waals surface area contributed by atoms with Gasteiger partial charge in [0.2, 0.25) is 10.0 Å². The van der Waals surface area contributed by atoms with Crippen molar-refractivity contribution in [1.82, 2.24) is 4.72 Å². The van der Waals surface area contributed by atoms with Crippen molar-refractivity contribution >= 4 is 32.8 Å². The molecule has 7 nitrogen and oxygen atoms in total. The van der Waals surface area contributed by atoms with E-state index in [1.807, 2.05) is 0 Å². The van der Waals surface area contributed by atoms with Crippen molar-refractivity contribution in [3.63, 3.8) is 0 Å². The Kier molecular flexibility index (Phi) is 3.83. The fourth-order valence-electron chi connectivity index (χ4n) is 1.49. The summed E-state index contributed by atoms with van der Waals surface area (Å²) in [6.45, 7) is 0.367. The standard InChI is InChI=1S/C10H13N3O4S2/c1-10(5-14,6-15)13-19(16,17)8-4-2-3-7-9(8)12-18-11-7/h2-4,13-15H,5-6H2,1H3. The lowest BCUT2D eigenvalue weighted by molar-refractivity contribution is 0.122. The van der Waals surface area contributed by atoms with Crippen LogP contribution >= 0.6 is 0 Å². The third kappa shape index (κ3) is 2.74. The maximum absolute atomic E-state index is 12.3. The molecule has 0 aliphatic carbocycles. The molecule has 104 valence electrons. The van der Waals surface area contributed by atoms with E-state index in [-0.39, 0.29) is 10.6 Å². The third-order valence-corrected chi connectivity index (χ3v) is 4.83. The topological polar surface area (TPSA) is 111 Å². The number of aliphatic hydroxyl groups is 2. The average Bonchev–Trinajstić information content (AvgIpc) is 2.85. The lowest BCUT2D eigenvalue weighted by atomic mass is 10.1. The highest BCUT2D eigenvalue weighted by molar-refractivity contribution is 7.89. The van der Waals surface area contributed by atoms with Crippen LogP contribution in [0.25, 0.3) is 0 Å². The molecular formula is C10H13N3O4S2. The summed E-state index contributed by atoms with van der Waals surface area (Å²) in [5, 5.41) is 18.3. The van der Waals surface area contributed by atoms with E-state index >= 15 is 0 Å². The zero-order chi connectivity index (χ0) is 14.1. The Morgan fingerprint density at radius 3 is 2.63 bits per heavy atom. The zero-order valence-corrected chi connectivity index (χ0v) is 11.7. The van der Waals surface area contributed by atoms with Gasteiger partial charge >= 0.3 is 0 Å². The van der Waals surface area contributed by atoms with Gasteiger partial charge in [0, 0.05) is 0 Å². The minimum absolute atomic E-state index is 0.0214. The molecule has 3 N–H and O–H groups in total. The van der Waals surface area contributed by atoms with Gasteiger partial charge in [0.1, 0.15) is 16.3 Å². The van der Waals surface area contributed by atoms with E-state index in [0.29, 0.717) is 5.69 Å². The van der Waals surface area contributed by atoms with E-state index in [1.54, 1.807) is 12.1 Å². The van der Waals surface area contributed by atoms with Crippen LogP contribution in [0.1, 0.15) is 6.92 Å². The molecule has 1 aromatic carbocycles. The second-order valence-electron chi connectivity index (χ2n) is 4.37. The Balaban J connectivity index is 2.42. The molecule has 0 amide bonds. The van der Waals surface area contributed by atoms with Gasteiger partial charge in [-0.2, -0.15) is 8.73 Å². The Morgan fingerprint density at radius 2 is 2.00 bits per heavy atom. The molecule has 1 heterocycles. The molecular weight excluding hydrogens is 290 g/mol. The van der Waals surface area contributed by atoms with Crippen molar-refractivity contribution in [2.75, 3.05) is 13.2 Å². The zero-order valence-electron chi connectivity index (χ0n) is 10.1. The summed E-state index contributed by atoms with van der Waals surface area (Å²) in [5.41, 5.74) is -0.564. The fourth-order valence-corrected chi connectivity index (χ4v) is 3.65. The van der Waals surface area contributed by atoms with Crippen LogP contribution in [0.2, 0.25) is 0 Å². The molecule has 0 radical (unpaired) electrons. The number of nitrogens with zero attached hydrogens (tertiary/aromatic N) is 2. The second kappa shape index (κ2) is 5.10. The molecule has 1 aromatic rings. The molecule has 1 aliphatic heterocycles. The summed E-state index contributed by atoms with van der Waals surface area (Å²) in [6, 6.07) is 4.63. The highest BCUT2D eigenvalue weighted by atomic mass is 32.2. The van der Waals surface area contributed by atoms with Crippen molar-refractivity contribution in [2.24, 2.45) is 8.73 Å². The quantitative estimate of drug-likeness (QED) is 0.744. The van der Waals surface area contributed by atoms with E-state index in [9.17, 15) is 8.42 Å². The van der Waals surface area contributed by atoms with Gasteiger partial charge in [0.25, 0.3) is 0 Å². The molecule has 0 fully saturated rings. The normalized spacial score (nSPS) is 14.3. The molecule has 0 spiro atoms. The molecule has 19 heavy (non-hydrogen) atoms. The highest BCUT2D eigenvalue weighted by Gasteiger charge is 2.31. The predicted molar refractivity (Wildman–Crippen MR) is 70.9 cm³/mol. The summed E-state index contributed by atoms with van der Waals surface area (Å²) < 4.78 is 34.8. The second-order valence-corrected chi connectivity index (χ2v) is 6.55. The first-order chi connectivity index (χ1) is 8.92. The lowest BCUT2D eigenvalue weighted by Gasteiger charge is -2.25. The van der Waals surface area contributed by atoms with Crippen LogP contribution in [0, 0.1) is 0 Å². The monoisotopic (exact) mass is 303 g/mol. The van der Waals surface area contributed by atoms with Crippen LogP contribution < -0.4 is 4.72 Å². The maximum Gasteiger partial charge on any atom is 0.243 e. The molecule has 0 aromatic heterocycles. The molecule has 9 heteroatoms. The highest BCUT2D eigenvalue weighted by Crippen LogP contribution is 2.37. The van der Waals surface area contributed by atoms with Gasteiger partial charge < -0.3 is 10.2 Å². The largest absolute Gasteiger partial charge is 0.394 e. The van der Waals surface area contributed by atoms with Crippen molar-refractivity contribution < 1.29 is 18.6 Å². The van der Waals surface area contributed by atoms with Gasteiger partial charge in [0.15, 0.2) is 0 Å². The summed E-state index contributed by atoms with van der Waals surface area (Å²) in [4.78, 5) is -0.0214. The predicted octanol–water partition coefficient (Wildman–Crippen LogP) is 0.435. The van der Waals surface area contributed by atoms with Gasteiger partial charge in [-0.25, -0.2) is 13.1 Å². The first-order valence-corrected chi connectivity index (χ1v) is 7.60. The summed E-state index contributed by atoms with van der Waals surface area (Å²) in [6.07, 6.45) is 0.